The van der Waals surface area contributed by atoms with E-state index in [0.29, 0.717) is 10.6 Å². The molecule has 1 aromatic carbocycles. The Morgan fingerprint density at radius 1 is 1.29 bits per heavy atom. The maximum atomic E-state index is 13.2. The Bertz CT molecular complexity index is 1020. The number of rotatable bonds is 4. The van der Waals surface area contributed by atoms with E-state index in [9.17, 15) is 9.18 Å². The predicted octanol–water partition coefficient (Wildman–Crippen LogP) is 4.06. The lowest BCUT2D eigenvalue weighted by Gasteiger charge is -2.24. The molecule has 0 saturated carbocycles. The lowest BCUT2D eigenvalue weighted by atomic mass is 10.1. The van der Waals surface area contributed by atoms with Crippen molar-refractivity contribution < 1.29 is 9.18 Å². The smallest absolute Gasteiger partial charge is 0.265 e. The highest BCUT2D eigenvalue weighted by Crippen LogP contribution is 2.37. The van der Waals surface area contributed by atoms with Crippen LogP contribution in [0.25, 0.3) is 10.2 Å². The summed E-state index contributed by atoms with van der Waals surface area (Å²) in [6, 6.07) is 10.9. The quantitative estimate of drug-likeness (QED) is 0.720. The number of nitrogens with two attached hydrogens (primary N) is 1. The fourth-order valence-electron chi connectivity index (χ4n) is 3.73. The number of amides is 1. The third-order valence-electron chi connectivity index (χ3n) is 5.22. The molecule has 1 atom stereocenters. The molecule has 1 saturated heterocycles. The number of nitrogen functional groups attached to an aromatic ring is 1. The largest absolute Gasteiger partial charge is 0.397 e. The number of likely N-dealkylation sites (tertiary alicyclic amines) is 1. The molecule has 2 aromatic heterocycles. The first-order valence-electron chi connectivity index (χ1n) is 9.33. The first-order valence-corrected chi connectivity index (χ1v) is 10.1. The number of hydrogen-bond acceptors (Lipinski definition) is 5. The molecule has 146 valence electrons. The zero-order chi connectivity index (χ0) is 19.8. The zero-order valence-electron chi connectivity index (χ0n) is 16.0. The van der Waals surface area contributed by atoms with Gasteiger partial charge in [-0.3, -0.25) is 9.69 Å². The number of carbonyl (C=O) groups excluding carboxylic acids is 1. The monoisotopic (exact) mass is 398 g/mol. The molecule has 1 fully saturated rings. The third kappa shape index (κ3) is 3.47. The van der Waals surface area contributed by atoms with E-state index in [2.05, 4.69) is 4.90 Å². The van der Waals surface area contributed by atoms with Gasteiger partial charge in [-0.2, -0.15) is 0 Å². The summed E-state index contributed by atoms with van der Waals surface area (Å²) in [6.45, 7) is 1.75. The Morgan fingerprint density at radius 3 is 2.75 bits per heavy atom. The van der Waals surface area contributed by atoms with Gasteiger partial charge in [0.2, 0.25) is 0 Å². The molecular formula is C21H23FN4OS. The summed E-state index contributed by atoms with van der Waals surface area (Å²) in [4.78, 5) is 22.5. The molecule has 0 unspecified atom stereocenters. The van der Waals surface area contributed by atoms with Crippen molar-refractivity contribution in [2.24, 2.45) is 0 Å². The van der Waals surface area contributed by atoms with Gasteiger partial charge in [-0.05, 0) is 49.2 Å². The summed E-state index contributed by atoms with van der Waals surface area (Å²) in [5, 5.41) is 0.835. The number of thiophene rings is 1. The summed E-state index contributed by atoms with van der Waals surface area (Å²) >= 11 is 1.35. The van der Waals surface area contributed by atoms with Crippen molar-refractivity contribution in [3.8, 4) is 0 Å². The van der Waals surface area contributed by atoms with Crippen LogP contribution in [0.15, 0.2) is 36.4 Å². The standard InChI is InChI=1S/C21H23FN4OS/c1-25(2)21(27)19-18(23)15-9-10-16(24-20(15)28-19)17-4-3-11-26(17)12-13-5-7-14(22)8-6-13/h5-10,17H,3-4,11-12,23H2,1-2H3/t17-/m1/s1. The lowest BCUT2D eigenvalue weighted by Crippen LogP contribution is -2.23. The van der Waals surface area contributed by atoms with Crippen molar-refractivity contribution in [1.82, 2.24) is 14.8 Å². The average Bonchev–Trinajstić information content (AvgIpc) is 3.27. The molecule has 4 rings (SSSR count). The van der Waals surface area contributed by atoms with Crippen LogP contribution in [0.1, 0.15) is 39.8 Å². The third-order valence-corrected chi connectivity index (χ3v) is 6.32. The molecule has 1 amide bonds. The fourth-order valence-corrected chi connectivity index (χ4v) is 4.86. The molecule has 0 spiro atoms. The van der Waals surface area contributed by atoms with Crippen LogP contribution in [0, 0.1) is 5.82 Å². The second-order valence-corrected chi connectivity index (χ2v) is 8.39. The number of pyridine rings is 1. The van der Waals surface area contributed by atoms with Crippen LogP contribution in [0.4, 0.5) is 10.1 Å². The molecule has 0 radical (unpaired) electrons. The Morgan fingerprint density at radius 2 is 2.04 bits per heavy atom. The van der Waals surface area contributed by atoms with E-state index >= 15 is 0 Å². The average molecular weight is 399 g/mol. The molecule has 3 heterocycles. The molecule has 3 aromatic rings. The first kappa shape index (κ1) is 18.8. The van der Waals surface area contributed by atoms with Gasteiger partial charge in [-0.1, -0.05) is 12.1 Å². The van der Waals surface area contributed by atoms with Crippen LogP contribution in [-0.2, 0) is 6.54 Å². The highest BCUT2D eigenvalue weighted by Gasteiger charge is 2.28. The molecule has 0 bridgehead atoms. The lowest BCUT2D eigenvalue weighted by molar-refractivity contribution is 0.0833. The number of carbonyl (C=O) groups is 1. The number of hydrogen-bond donors (Lipinski definition) is 1. The minimum Gasteiger partial charge on any atom is -0.397 e. The highest BCUT2D eigenvalue weighted by molar-refractivity contribution is 7.21. The molecule has 0 aliphatic carbocycles. The van der Waals surface area contributed by atoms with Gasteiger partial charge < -0.3 is 10.6 Å². The van der Waals surface area contributed by atoms with Crippen molar-refractivity contribution in [2.75, 3.05) is 26.4 Å². The molecule has 1 aliphatic heterocycles. The zero-order valence-corrected chi connectivity index (χ0v) is 16.8. The summed E-state index contributed by atoms with van der Waals surface area (Å²) in [6.07, 6.45) is 2.13. The Kier molecular flexibility index (Phi) is 5.03. The Balaban J connectivity index is 1.62. The van der Waals surface area contributed by atoms with E-state index in [-0.39, 0.29) is 17.8 Å². The van der Waals surface area contributed by atoms with Crippen LogP contribution in [0.5, 0.6) is 0 Å². The van der Waals surface area contributed by atoms with Crippen LogP contribution in [-0.4, -0.2) is 41.3 Å². The van der Waals surface area contributed by atoms with Gasteiger partial charge in [0.1, 0.15) is 15.5 Å². The van der Waals surface area contributed by atoms with Crippen LogP contribution < -0.4 is 5.73 Å². The van der Waals surface area contributed by atoms with E-state index in [0.717, 1.165) is 47.4 Å². The first-order chi connectivity index (χ1) is 13.4. The molecule has 28 heavy (non-hydrogen) atoms. The van der Waals surface area contributed by atoms with Gasteiger partial charge >= 0.3 is 0 Å². The molecule has 2 N–H and O–H groups in total. The van der Waals surface area contributed by atoms with Crippen molar-refractivity contribution in [1.29, 1.82) is 0 Å². The number of halogens is 1. The van der Waals surface area contributed by atoms with Gasteiger partial charge in [-0.15, -0.1) is 11.3 Å². The normalized spacial score (nSPS) is 17.3. The topological polar surface area (TPSA) is 62.5 Å². The van der Waals surface area contributed by atoms with Crippen LogP contribution >= 0.6 is 11.3 Å². The second-order valence-electron chi connectivity index (χ2n) is 7.39. The van der Waals surface area contributed by atoms with E-state index in [1.54, 1.807) is 14.1 Å². The highest BCUT2D eigenvalue weighted by atomic mass is 32.1. The SMILES string of the molecule is CN(C)C(=O)c1sc2nc([C@H]3CCCN3Cc3ccc(F)cc3)ccc2c1N. The van der Waals surface area contributed by atoms with E-state index < -0.39 is 0 Å². The number of aromatic nitrogens is 1. The van der Waals surface area contributed by atoms with Crippen molar-refractivity contribution in [3.05, 3.63) is 58.3 Å². The molecule has 5 nitrogen and oxygen atoms in total. The Labute approximate surface area is 167 Å². The number of benzene rings is 1. The number of anilines is 1. The predicted molar refractivity (Wildman–Crippen MR) is 111 cm³/mol. The number of nitrogens with zero attached hydrogens (tertiary/aromatic N) is 3. The summed E-state index contributed by atoms with van der Waals surface area (Å²) in [5.41, 5.74) is 8.80. The summed E-state index contributed by atoms with van der Waals surface area (Å²) in [5.74, 6) is -0.312. The van der Waals surface area contributed by atoms with Gasteiger partial charge in [-0.25, -0.2) is 9.37 Å². The maximum absolute atomic E-state index is 13.2. The van der Waals surface area contributed by atoms with Gasteiger partial charge in [0.25, 0.3) is 5.91 Å². The molecule has 1 aliphatic rings. The van der Waals surface area contributed by atoms with Crippen molar-refractivity contribution in [2.45, 2.75) is 25.4 Å². The van der Waals surface area contributed by atoms with Crippen molar-refractivity contribution >= 4 is 33.1 Å². The van der Waals surface area contributed by atoms with E-state index in [1.165, 1.54) is 28.4 Å². The van der Waals surface area contributed by atoms with Gasteiger partial charge in [0.15, 0.2) is 0 Å². The minimum absolute atomic E-state index is 0.0964. The summed E-state index contributed by atoms with van der Waals surface area (Å²) < 4.78 is 13.2. The summed E-state index contributed by atoms with van der Waals surface area (Å²) in [7, 11) is 3.44. The van der Waals surface area contributed by atoms with Crippen molar-refractivity contribution in [3.63, 3.8) is 0 Å². The molecular weight excluding hydrogens is 375 g/mol. The minimum atomic E-state index is -0.216. The van der Waals surface area contributed by atoms with Crippen LogP contribution in [0.3, 0.4) is 0 Å². The Hall–Kier alpha value is -2.51. The van der Waals surface area contributed by atoms with E-state index in [1.807, 2.05) is 24.3 Å². The van der Waals surface area contributed by atoms with Crippen LogP contribution in [0.2, 0.25) is 0 Å². The second kappa shape index (κ2) is 7.48. The fraction of sp³-hybridized carbons (Fsp3) is 0.333. The van der Waals surface area contributed by atoms with Gasteiger partial charge in [0.05, 0.1) is 17.4 Å². The van der Waals surface area contributed by atoms with E-state index in [4.69, 9.17) is 10.7 Å². The maximum Gasteiger partial charge on any atom is 0.265 e. The van der Waals surface area contributed by atoms with Gasteiger partial charge in [0, 0.05) is 26.0 Å². The molecule has 7 heteroatoms. The number of fused-ring (bicyclic) bond motifs is 1.